The van der Waals surface area contributed by atoms with Gasteiger partial charge in [0.05, 0.1) is 24.1 Å². The van der Waals surface area contributed by atoms with Crippen LogP contribution in [0.4, 0.5) is 0 Å². The first-order valence-electron chi connectivity index (χ1n) is 14.5. The second-order valence-corrected chi connectivity index (χ2v) is 14.8. The fraction of sp³-hybridized carbons (Fsp3) is 0.483. The molecule has 1 aliphatic carbocycles. The largest absolute Gasteiger partial charge is 0.456 e. The molecule has 0 spiro atoms. The molecule has 7 rings (SSSR count). The highest BCUT2D eigenvalue weighted by molar-refractivity contribution is 7.50. The van der Waals surface area contributed by atoms with Gasteiger partial charge in [-0.2, -0.15) is 0 Å². The van der Waals surface area contributed by atoms with Gasteiger partial charge in [0, 0.05) is 23.1 Å². The number of likely N-dealkylation sites (tertiary alicyclic amines) is 1. The molecule has 4 fully saturated rings. The Morgan fingerprint density at radius 3 is 2.60 bits per heavy atom. The second-order valence-electron chi connectivity index (χ2n) is 12.1. The van der Waals surface area contributed by atoms with E-state index in [4.69, 9.17) is 4.74 Å². The van der Waals surface area contributed by atoms with E-state index < -0.39 is 19.7 Å². The highest BCUT2D eigenvalue weighted by Gasteiger charge is 2.52. The van der Waals surface area contributed by atoms with Crippen molar-refractivity contribution in [2.45, 2.75) is 62.5 Å². The van der Waals surface area contributed by atoms with E-state index in [9.17, 15) is 28.7 Å². The van der Waals surface area contributed by atoms with Crippen LogP contribution in [0.5, 0.6) is 6.01 Å². The molecule has 4 aliphatic rings. The lowest BCUT2D eigenvalue weighted by Crippen LogP contribution is -2.62. The maximum atomic E-state index is 14.0. The molecule has 3 saturated heterocycles. The molecule has 3 amide bonds. The van der Waals surface area contributed by atoms with E-state index in [0.717, 1.165) is 24.0 Å². The summed E-state index contributed by atoms with van der Waals surface area (Å²) < 4.78 is 18.0. The topological polar surface area (TPSA) is 162 Å². The molecule has 1 aromatic carbocycles. The third-order valence-electron chi connectivity index (χ3n) is 8.99. The van der Waals surface area contributed by atoms with Crippen molar-refractivity contribution in [1.29, 1.82) is 0 Å². The number of nitrogens with one attached hydrogen (secondary N) is 1. The number of nitrogens with zero attached hydrogens (tertiary/aromatic N) is 4. The van der Waals surface area contributed by atoms with Crippen LogP contribution in [0.25, 0.3) is 10.1 Å². The fourth-order valence-corrected chi connectivity index (χ4v) is 8.42. The average molecular weight is 626 g/mol. The number of hydrogen-bond acceptors (Lipinski definition) is 8. The van der Waals surface area contributed by atoms with Crippen LogP contribution in [-0.2, 0) is 20.3 Å². The number of rotatable bonds is 7. The van der Waals surface area contributed by atoms with Crippen LogP contribution < -0.4 is 10.1 Å². The smallest absolute Gasteiger partial charge is 0.329 e. The molecule has 0 unspecified atom stereocenters. The predicted octanol–water partition coefficient (Wildman–Crippen LogP) is 2.55. The third-order valence-corrected chi connectivity index (χ3v) is 10.9. The van der Waals surface area contributed by atoms with E-state index >= 15 is 0 Å². The van der Waals surface area contributed by atoms with Crippen LogP contribution in [0, 0.1) is 11.8 Å². The first-order valence-corrected chi connectivity index (χ1v) is 17.2. The van der Waals surface area contributed by atoms with Gasteiger partial charge in [-0.15, -0.1) is 11.3 Å². The Morgan fingerprint density at radius 1 is 1.07 bits per heavy atom. The van der Waals surface area contributed by atoms with E-state index in [1.54, 1.807) is 52.5 Å². The van der Waals surface area contributed by atoms with Gasteiger partial charge in [-0.1, -0.05) is 6.07 Å². The standard InChI is InChI=1S/C29H32N5O7PS/c35-26(25-12-19-8-16(15-42(38,39)40)2-5-24(19)43-25)32-22-11-18-9-17(18)10-20-3-4-23(34(20)27(22)36)28(37)33-13-21(14-33)41-29-30-6-1-7-31-29/h1-2,5-8,12,17-18,20-23H,3-4,9-11,13-15H2,(H,32,35)(H2,38,39,40)/t17-,18+,20-,22+,23+/m1/s1. The first kappa shape index (κ1) is 28.4. The van der Waals surface area contributed by atoms with Gasteiger partial charge in [-0.3, -0.25) is 18.9 Å². The van der Waals surface area contributed by atoms with Crippen LogP contribution in [0.1, 0.15) is 47.3 Å². The predicted molar refractivity (Wildman–Crippen MR) is 156 cm³/mol. The Labute approximate surface area is 251 Å². The summed E-state index contributed by atoms with van der Waals surface area (Å²) in [6.07, 6.45) is 6.47. The number of fused-ring (bicyclic) bond motifs is 3. The van der Waals surface area contributed by atoms with E-state index in [-0.39, 0.29) is 42.0 Å². The van der Waals surface area contributed by atoms with Crippen LogP contribution in [0.15, 0.2) is 42.7 Å². The van der Waals surface area contributed by atoms with E-state index in [1.165, 1.54) is 11.3 Å². The number of carbonyl (C=O) groups is 3. The summed E-state index contributed by atoms with van der Waals surface area (Å²) in [6, 6.07) is 7.46. The number of benzene rings is 1. The summed E-state index contributed by atoms with van der Waals surface area (Å²) in [5, 5.41) is 3.70. The molecule has 1 saturated carbocycles. The highest BCUT2D eigenvalue weighted by atomic mass is 32.1. The van der Waals surface area contributed by atoms with Gasteiger partial charge < -0.3 is 29.6 Å². The summed E-state index contributed by atoms with van der Waals surface area (Å²) in [7, 11) is -4.22. The molecule has 226 valence electrons. The maximum Gasteiger partial charge on any atom is 0.329 e. The fourth-order valence-electron chi connectivity index (χ4n) is 6.80. The van der Waals surface area contributed by atoms with Crippen LogP contribution in [0.2, 0.25) is 0 Å². The number of ether oxygens (including phenoxy) is 1. The average Bonchev–Trinajstić information content (AvgIpc) is 3.31. The molecular weight excluding hydrogens is 593 g/mol. The zero-order valence-corrected chi connectivity index (χ0v) is 25.0. The van der Waals surface area contributed by atoms with Crippen LogP contribution in [-0.4, -0.2) is 84.6 Å². The van der Waals surface area contributed by atoms with Crippen molar-refractivity contribution in [2.24, 2.45) is 11.8 Å². The molecule has 43 heavy (non-hydrogen) atoms. The molecular formula is C29H32N5O7PS. The van der Waals surface area contributed by atoms with E-state index in [1.807, 2.05) is 0 Å². The second kappa shape index (κ2) is 11.0. The third kappa shape index (κ3) is 5.91. The van der Waals surface area contributed by atoms with Crippen molar-refractivity contribution >= 4 is 46.7 Å². The number of hydrogen-bond donors (Lipinski definition) is 3. The zero-order valence-electron chi connectivity index (χ0n) is 23.2. The lowest BCUT2D eigenvalue weighted by atomic mass is 9.98. The Morgan fingerprint density at radius 2 is 1.84 bits per heavy atom. The molecule has 5 heterocycles. The summed E-state index contributed by atoms with van der Waals surface area (Å²) in [4.78, 5) is 71.7. The van der Waals surface area contributed by atoms with Gasteiger partial charge >= 0.3 is 13.6 Å². The molecule has 3 N–H and O–H groups in total. The van der Waals surface area contributed by atoms with Gasteiger partial charge in [0.2, 0.25) is 11.8 Å². The Kier molecular flexibility index (Phi) is 7.24. The van der Waals surface area contributed by atoms with Gasteiger partial charge in [0.1, 0.15) is 18.2 Å². The normalized spacial score (nSPS) is 27.1. The van der Waals surface area contributed by atoms with Crippen LogP contribution in [0.3, 0.4) is 0 Å². The molecule has 0 bridgehead atoms. The zero-order chi connectivity index (χ0) is 29.9. The Balaban J connectivity index is 1.04. The van der Waals surface area contributed by atoms with Crippen molar-refractivity contribution in [3.05, 3.63) is 53.2 Å². The minimum atomic E-state index is -4.22. The van der Waals surface area contributed by atoms with Gasteiger partial charge in [-0.05, 0) is 79.2 Å². The summed E-state index contributed by atoms with van der Waals surface area (Å²) in [5.74, 6) is 0.239. The molecule has 3 aromatic rings. The van der Waals surface area contributed by atoms with Gasteiger partial charge in [-0.25, -0.2) is 9.97 Å². The minimum absolute atomic E-state index is 0.0148. The monoisotopic (exact) mass is 625 g/mol. The summed E-state index contributed by atoms with van der Waals surface area (Å²) >= 11 is 1.27. The molecule has 14 heteroatoms. The number of thiophene rings is 1. The summed E-state index contributed by atoms with van der Waals surface area (Å²) in [5.41, 5.74) is 0.491. The molecule has 3 aliphatic heterocycles. The highest BCUT2D eigenvalue weighted by Crippen LogP contribution is 2.49. The SMILES string of the molecule is O=C(N[C@H]1C[C@@H]2C[C@@H]2C[C@H]2CC[C@@H](C(=O)N3CC(Oc4ncccn4)C3)N2C1=O)c1cc2cc(CP(=O)(O)O)ccc2s1. The number of aromatic nitrogens is 2. The van der Waals surface area contributed by atoms with Gasteiger partial charge in [0.15, 0.2) is 0 Å². The Bertz CT molecular complexity index is 1620. The number of amides is 3. The number of carbonyl (C=O) groups excluding carboxylic acids is 3. The van der Waals surface area contributed by atoms with E-state index in [0.29, 0.717) is 53.6 Å². The van der Waals surface area contributed by atoms with Crippen molar-refractivity contribution < 1.29 is 33.5 Å². The summed E-state index contributed by atoms with van der Waals surface area (Å²) in [6.45, 7) is 0.819. The van der Waals surface area contributed by atoms with E-state index in [2.05, 4.69) is 15.3 Å². The van der Waals surface area contributed by atoms with Crippen molar-refractivity contribution in [3.63, 3.8) is 0 Å². The lowest BCUT2D eigenvalue weighted by Gasteiger charge is -2.42. The first-order chi connectivity index (χ1) is 20.6. The van der Waals surface area contributed by atoms with Crippen LogP contribution >= 0.6 is 18.9 Å². The quantitative estimate of drug-likeness (QED) is 0.335. The van der Waals surface area contributed by atoms with Crippen molar-refractivity contribution in [1.82, 2.24) is 25.1 Å². The van der Waals surface area contributed by atoms with Crippen molar-refractivity contribution in [2.75, 3.05) is 13.1 Å². The Hall–Kier alpha value is -3.38. The lowest BCUT2D eigenvalue weighted by molar-refractivity contribution is -0.152. The molecule has 12 nitrogen and oxygen atoms in total. The molecule has 2 aromatic heterocycles. The van der Waals surface area contributed by atoms with Gasteiger partial charge in [0.25, 0.3) is 5.91 Å². The molecule has 0 radical (unpaired) electrons. The minimum Gasteiger partial charge on any atom is -0.456 e. The van der Waals surface area contributed by atoms with Crippen molar-refractivity contribution in [3.8, 4) is 6.01 Å². The molecule has 5 atom stereocenters. The maximum absolute atomic E-state index is 14.0.